The van der Waals surface area contributed by atoms with Crippen LogP contribution in [-0.2, 0) is 0 Å². The van der Waals surface area contributed by atoms with Gasteiger partial charge < -0.3 is 0 Å². The smallest absolute Gasteiger partial charge is 0.0549 e. The molecule has 0 aromatic rings. The molecule has 90 valence electrons. The molecule has 0 aliphatic rings. The minimum absolute atomic E-state index is 0.469. The maximum atomic E-state index is 3.50. The summed E-state index contributed by atoms with van der Waals surface area (Å²) in [5.41, 5.74) is 1.97. The molecule has 0 nitrogen and oxygen atoms in total. The largest absolute Gasteiger partial charge is 0.159 e. The fraction of sp³-hybridized carbons (Fsp3) is 0.667. The van der Waals surface area contributed by atoms with Crippen LogP contribution >= 0.6 is 143 Å². The normalized spacial score (nSPS) is 14.0. The van der Waals surface area contributed by atoms with Gasteiger partial charge in [-0.3, -0.25) is 0 Å². The van der Waals surface area contributed by atoms with Gasteiger partial charge in [-0.1, -0.05) is 143 Å². The molecule has 0 heterocycles. The Morgan fingerprint density at radius 3 is 0.933 bits per heavy atom. The first kappa shape index (κ1) is 19.1. The lowest BCUT2D eigenvalue weighted by atomic mass is 10.2. The standard InChI is InChI=1S/C6H3Br9/c1-2(4(7,8)9)3(5(10,11)12)6(13,14)15/h1H3. The van der Waals surface area contributed by atoms with Crippen LogP contribution in [0.5, 0.6) is 0 Å². The highest BCUT2D eigenvalue weighted by atomic mass is 80.0. The molecular formula is C6H3Br9. The lowest BCUT2D eigenvalue weighted by molar-refractivity contribution is 1.16. The number of alkyl halides is 9. The van der Waals surface area contributed by atoms with E-state index in [4.69, 9.17) is 0 Å². The van der Waals surface area contributed by atoms with Gasteiger partial charge in [-0.25, -0.2) is 0 Å². The zero-order valence-corrected chi connectivity index (χ0v) is 21.2. The number of rotatable bonds is 0. The molecule has 0 aromatic heterocycles. The lowest BCUT2D eigenvalue weighted by Crippen LogP contribution is -2.23. The van der Waals surface area contributed by atoms with Gasteiger partial charge in [0.15, 0.2) is 6.43 Å². The fourth-order valence-electron chi connectivity index (χ4n) is 0.728. The van der Waals surface area contributed by atoms with Crippen LogP contribution in [-0.4, -0.2) is 6.43 Å². The Morgan fingerprint density at radius 1 is 0.600 bits per heavy atom. The van der Waals surface area contributed by atoms with Crippen molar-refractivity contribution in [2.45, 2.75) is 13.4 Å². The molecule has 0 rings (SSSR count). The van der Waals surface area contributed by atoms with Crippen molar-refractivity contribution in [2.75, 3.05) is 0 Å². The molecule has 0 aliphatic heterocycles. The van der Waals surface area contributed by atoms with E-state index >= 15 is 0 Å². The molecule has 0 bridgehead atoms. The lowest BCUT2D eigenvalue weighted by Gasteiger charge is -2.30. The highest BCUT2D eigenvalue weighted by Gasteiger charge is 2.42. The highest BCUT2D eigenvalue weighted by molar-refractivity contribution is 9.41. The van der Waals surface area contributed by atoms with E-state index in [0.717, 1.165) is 11.1 Å². The second-order valence-electron chi connectivity index (χ2n) is 2.49. The van der Waals surface area contributed by atoms with E-state index in [9.17, 15) is 0 Å². The molecular weight excluding hydrogens is 791 g/mol. The van der Waals surface area contributed by atoms with Crippen molar-refractivity contribution in [2.24, 2.45) is 0 Å². The van der Waals surface area contributed by atoms with Crippen molar-refractivity contribution in [3.63, 3.8) is 0 Å². The van der Waals surface area contributed by atoms with Crippen LogP contribution < -0.4 is 0 Å². The summed E-state index contributed by atoms with van der Waals surface area (Å²) in [5, 5.41) is 0. The molecule has 0 fully saturated rings. The summed E-state index contributed by atoms with van der Waals surface area (Å²) in [7, 11) is 0. The first-order valence-corrected chi connectivity index (χ1v) is 10.3. The van der Waals surface area contributed by atoms with Crippen molar-refractivity contribution in [1.82, 2.24) is 0 Å². The molecule has 9 heteroatoms. The Balaban J connectivity index is 5.71. The first-order chi connectivity index (χ1) is 6.28. The monoisotopic (exact) mass is 785 g/mol. The quantitative estimate of drug-likeness (QED) is 0.174. The van der Waals surface area contributed by atoms with E-state index in [1.807, 2.05) is 6.92 Å². The molecule has 0 N–H and O–H groups in total. The Hall–Kier alpha value is 4.06. The Kier molecular flexibility index (Phi) is 8.48. The van der Waals surface area contributed by atoms with Gasteiger partial charge in [0.25, 0.3) is 0 Å². The van der Waals surface area contributed by atoms with Crippen molar-refractivity contribution in [3.8, 4) is 0 Å². The molecule has 0 unspecified atom stereocenters. The SMILES string of the molecule is CC(=C(C(Br)(Br)Br)C(Br)(Br)Br)C(Br)(Br)Br. The van der Waals surface area contributed by atoms with Crippen LogP contribution in [0.1, 0.15) is 6.92 Å². The Labute approximate surface area is 165 Å². The second-order valence-corrected chi connectivity index (χ2v) is 22.8. The minimum Gasteiger partial charge on any atom is -0.0549 e. The number of hydrogen-bond donors (Lipinski definition) is 0. The van der Waals surface area contributed by atoms with Gasteiger partial charge in [-0.05, 0) is 12.5 Å². The van der Waals surface area contributed by atoms with E-state index in [1.165, 1.54) is 0 Å². The number of hydrogen-bond acceptors (Lipinski definition) is 0. The predicted molar refractivity (Wildman–Crippen MR) is 101 cm³/mol. The van der Waals surface area contributed by atoms with Crippen LogP contribution in [0.2, 0.25) is 0 Å². The molecule has 0 aliphatic carbocycles. The summed E-state index contributed by atoms with van der Waals surface area (Å²) in [4.78, 5) is 0. The summed E-state index contributed by atoms with van der Waals surface area (Å²) in [6, 6.07) is 0. The van der Waals surface area contributed by atoms with Crippen molar-refractivity contribution >= 4 is 143 Å². The van der Waals surface area contributed by atoms with Gasteiger partial charge in [-0.2, -0.15) is 0 Å². The summed E-state index contributed by atoms with van der Waals surface area (Å²) >= 11 is 31.4. The zero-order valence-electron chi connectivity index (χ0n) is 6.90. The molecule has 0 radical (unpaired) electrons. The average Bonchev–Trinajstić information content (AvgIpc) is 1.76. The highest BCUT2D eigenvalue weighted by Crippen LogP contribution is 2.58. The topological polar surface area (TPSA) is 0 Å². The summed E-state index contributed by atoms with van der Waals surface area (Å²) < 4.78 is -1.54. The molecule has 0 saturated carbocycles. The van der Waals surface area contributed by atoms with Gasteiger partial charge >= 0.3 is 0 Å². The third-order valence-electron chi connectivity index (χ3n) is 1.37. The molecule has 0 amide bonds. The second kappa shape index (κ2) is 6.68. The fourth-order valence-corrected chi connectivity index (χ4v) is 7.29. The van der Waals surface area contributed by atoms with Crippen LogP contribution in [0.3, 0.4) is 0 Å². The van der Waals surface area contributed by atoms with Gasteiger partial charge in [0.05, 0.1) is 0 Å². The predicted octanol–water partition coefficient (Wildman–Crippen LogP) is 7.82. The van der Waals surface area contributed by atoms with Gasteiger partial charge in [0.2, 0.25) is 0 Å². The number of halogens is 9. The van der Waals surface area contributed by atoms with Gasteiger partial charge in [0, 0.05) is 5.57 Å². The maximum absolute atomic E-state index is 3.50. The average molecular weight is 794 g/mol. The van der Waals surface area contributed by atoms with E-state index in [1.54, 1.807) is 0 Å². The third-order valence-corrected chi connectivity index (χ3v) is 5.53. The number of allylic oxidation sites excluding steroid dienone is 2. The van der Waals surface area contributed by atoms with Crippen molar-refractivity contribution in [1.29, 1.82) is 0 Å². The molecule has 0 aromatic carbocycles. The van der Waals surface area contributed by atoms with Crippen molar-refractivity contribution in [3.05, 3.63) is 11.1 Å². The molecule has 0 atom stereocenters. The summed E-state index contributed by atoms with van der Waals surface area (Å²) in [6.07, 6.45) is 0. The third kappa shape index (κ3) is 6.86. The van der Waals surface area contributed by atoms with Gasteiger partial charge in [0.1, 0.15) is 0 Å². The molecule has 0 saturated heterocycles. The van der Waals surface area contributed by atoms with Crippen LogP contribution in [0.25, 0.3) is 0 Å². The van der Waals surface area contributed by atoms with Crippen molar-refractivity contribution < 1.29 is 0 Å². The van der Waals surface area contributed by atoms with Crippen LogP contribution in [0.15, 0.2) is 11.1 Å². The van der Waals surface area contributed by atoms with E-state index in [0.29, 0.717) is 0 Å². The minimum atomic E-state index is -0.534. The van der Waals surface area contributed by atoms with E-state index < -0.39 is 6.43 Å². The van der Waals surface area contributed by atoms with Crippen LogP contribution in [0, 0.1) is 0 Å². The Bertz CT molecular complexity index is 244. The summed E-state index contributed by atoms with van der Waals surface area (Å²) in [6.45, 7) is 1.98. The zero-order chi connectivity index (χ0) is 12.7. The molecule has 0 spiro atoms. The maximum Gasteiger partial charge on any atom is 0.159 e. The Morgan fingerprint density at radius 2 is 0.867 bits per heavy atom. The van der Waals surface area contributed by atoms with E-state index in [-0.39, 0.29) is 0 Å². The van der Waals surface area contributed by atoms with E-state index in [2.05, 4.69) is 143 Å². The first-order valence-electron chi connectivity index (χ1n) is 3.20. The van der Waals surface area contributed by atoms with Gasteiger partial charge in [-0.15, -0.1) is 0 Å². The summed E-state index contributed by atoms with van der Waals surface area (Å²) in [5.74, 6) is 0. The molecule has 15 heavy (non-hydrogen) atoms. The van der Waals surface area contributed by atoms with Crippen LogP contribution in [0.4, 0.5) is 0 Å².